The van der Waals surface area contributed by atoms with E-state index in [1.54, 1.807) is 18.4 Å². The Bertz CT molecular complexity index is 960. The third-order valence-electron chi connectivity index (χ3n) is 3.96. The molecule has 0 radical (unpaired) electrons. The number of fused-ring (bicyclic) bond motifs is 2. The van der Waals surface area contributed by atoms with E-state index in [2.05, 4.69) is 24.3 Å². The third-order valence-corrected chi connectivity index (χ3v) is 5.06. The minimum absolute atomic E-state index is 0.0536. The first-order chi connectivity index (χ1) is 11.2. The highest BCUT2D eigenvalue weighted by Gasteiger charge is 2.13. The van der Waals surface area contributed by atoms with Crippen molar-refractivity contribution in [2.24, 2.45) is 0 Å². The number of carbonyl (C=O) groups excluding carboxylic acids is 1. The summed E-state index contributed by atoms with van der Waals surface area (Å²) in [5, 5.41) is 3.51. The Morgan fingerprint density at radius 3 is 2.26 bits per heavy atom. The molecule has 3 aromatic carbocycles. The number of ether oxygens (including phenoxy) is 1. The van der Waals surface area contributed by atoms with Crippen molar-refractivity contribution in [2.45, 2.75) is 0 Å². The van der Waals surface area contributed by atoms with Crippen LogP contribution in [0.25, 0.3) is 20.9 Å². The van der Waals surface area contributed by atoms with Crippen molar-refractivity contribution in [3.63, 3.8) is 0 Å². The number of ketones is 1. The Balaban J connectivity index is 1.78. The summed E-state index contributed by atoms with van der Waals surface area (Å²) in [4.78, 5) is 13.4. The van der Waals surface area contributed by atoms with Crippen LogP contribution < -0.4 is 4.74 Å². The summed E-state index contributed by atoms with van der Waals surface area (Å²) < 4.78 is 6.28. The smallest absolute Gasteiger partial charge is 0.202 e. The van der Waals surface area contributed by atoms with Gasteiger partial charge in [0.15, 0.2) is 0 Å². The Kier molecular flexibility index (Phi) is 3.36. The van der Waals surface area contributed by atoms with Gasteiger partial charge in [0.05, 0.1) is 12.0 Å². The highest BCUT2D eigenvalue weighted by molar-refractivity contribution is 7.21. The molecule has 23 heavy (non-hydrogen) atoms. The number of hydrogen-bond acceptors (Lipinski definition) is 3. The van der Waals surface area contributed by atoms with Gasteiger partial charge in [0.25, 0.3) is 0 Å². The summed E-state index contributed by atoms with van der Waals surface area (Å²) in [5.74, 6) is 0.807. The normalized spacial score (nSPS) is 11.0. The minimum atomic E-state index is 0.0536. The van der Waals surface area contributed by atoms with E-state index in [1.807, 2.05) is 42.5 Å². The fourth-order valence-corrected chi connectivity index (χ4v) is 3.78. The van der Waals surface area contributed by atoms with Crippen LogP contribution in [0.15, 0.2) is 66.7 Å². The summed E-state index contributed by atoms with van der Waals surface area (Å²) in [7, 11) is 1.62. The van der Waals surface area contributed by atoms with E-state index < -0.39 is 0 Å². The van der Waals surface area contributed by atoms with Crippen molar-refractivity contribution in [1.82, 2.24) is 0 Å². The third kappa shape index (κ3) is 2.49. The van der Waals surface area contributed by atoms with Crippen LogP contribution >= 0.6 is 11.3 Å². The van der Waals surface area contributed by atoms with Crippen molar-refractivity contribution < 1.29 is 9.53 Å². The highest BCUT2D eigenvalue weighted by Crippen LogP contribution is 2.31. The molecule has 1 aromatic heterocycles. The van der Waals surface area contributed by atoms with Crippen molar-refractivity contribution >= 4 is 38.0 Å². The molecule has 0 saturated heterocycles. The lowest BCUT2D eigenvalue weighted by Crippen LogP contribution is -1.98. The maximum atomic E-state index is 12.7. The van der Waals surface area contributed by atoms with Crippen LogP contribution in [0.4, 0.5) is 0 Å². The predicted molar refractivity (Wildman–Crippen MR) is 95.8 cm³/mol. The first-order valence-corrected chi connectivity index (χ1v) is 8.17. The van der Waals surface area contributed by atoms with E-state index >= 15 is 0 Å². The molecule has 0 N–H and O–H groups in total. The largest absolute Gasteiger partial charge is 0.497 e. The van der Waals surface area contributed by atoms with E-state index in [0.717, 1.165) is 20.7 Å². The van der Waals surface area contributed by atoms with Crippen molar-refractivity contribution in [1.29, 1.82) is 0 Å². The summed E-state index contributed by atoms with van der Waals surface area (Å²) in [6.45, 7) is 0. The number of carbonyl (C=O) groups is 1. The van der Waals surface area contributed by atoms with Crippen LogP contribution in [-0.2, 0) is 0 Å². The van der Waals surface area contributed by atoms with Crippen molar-refractivity contribution in [3.8, 4) is 5.75 Å². The minimum Gasteiger partial charge on any atom is -0.497 e. The second-order valence-electron chi connectivity index (χ2n) is 5.41. The van der Waals surface area contributed by atoms with Gasteiger partial charge < -0.3 is 4.74 Å². The monoisotopic (exact) mass is 318 g/mol. The van der Waals surface area contributed by atoms with Gasteiger partial charge in [-0.15, -0.1) is 11.3 Å². The number of benzene rings is 3. The summed E-state index contributed by atoms with van der Waals surface area (Å²) in [6, 6.07) is 21.8. The van der Waals surface area contributed by atoms with Crippen molar-refractivity contribution in [2.75, 3.05) is 7.11 Å². The number of thiophene rings is 1. The molecule has 2 nitrogen and oxygen atoms in total. The average molecular weight is 318 g/mol. The molecule has 0 bridgehead atoms. The zero-order chi connectivity index (χ0) is 15.8. The molecular formula is C20H14O2S. The van der Waals surface area contributed by atoms with E-state index in [-0.39, 0.29) is 5.78 Å². The van der Waals surface area contributed by atoms with Gasteiger partial charge in [0.2, 0.25) is 5.78 Å². The van der Waals surface area contributed by atoms with Gasteiger partial charge >= 0.3 is 0 Å². The van der Waals surface area contributed by atoms with E-state index in [4.69, 9.17) is 4.74 Å². The standard InChI is InChI=1S/C20H14O2S/c1-22-17-8-6-13(7-9-17)20(21)19-12-16-10-14-4-2-3-5-15(14)11-18(16)23-19/h2-12H,1H3. The first kappa shape index (κ1) is 14.0. The van der Waals surface area contributed by atoms with Crippen molar-refractivity contribution in [3.05, 3.63) is 77.2 Å². The Labute approximate surface area is 137 Å². The zero-order valence-electron chi connectivity index (χ0n) is 12.6. The molecule has 0 unspecified atom stereocenters. The molecule has 0 fully saturated rings. The molecule has 0 aliphatic heterocycles. The zero-order valence-corrected chi connectivity index (χ0v) is 13.4. The molecule has 0 spiro atoms. The molecule has 0 saturated carbocycles. The molecule has 112 valence electrons. The fraction of sp³-hybridized carbons (Fsp3) is 0.0500. The quantitative estimate of drug-likeness (QED) is 0.479. The van der Waals surface area contributed by atoms with Gasteiger partial charge in [-0.2, -0.15) is 0 Å². The summed E-state index contributed by atoms with van der Waals surface area (Å²) in [6.07, 6.45) is 0. The Hall–Kier alpha value is -2.65. The SMILES string of the molecule is COc1ccc(C(=O)c2cc3cc4ccccc4cc3s2)cc1. The molecule has 3 heteroatoms. The van der Waals surface area contributed by atoms with Crippen LogP contribution in [0.3, 0.4) is 0 Å². The van der Waals surface area contributed by atoms with Crippen LogP contribution in [0.1, 0.15) is 15.2 Å². The molecule has 0 aliphatic rings. The molecular weight excluding hydrogens is 304 g/mol. The van der Waals surface area contributed by atoms with Gasteiger partial charge in [-0.05, 0) is 58.6 Å². The van der Waals surface area contributed by atoms with Gasteiger partial charge in [0, 0.05) is 10.3 Å². The first-order valence-electron chi connectivity index (χ1n) is 7.36. The molecule has 4 aromatic rings. The topological polar surface area (TPSA) is 26.3 Å². The maximum absolute atomic E-state index is 12.7. The molecule has 1 heterocycles. The highest BCUT2D eigenvalue weighted by atomic mass is 32.1. The van der Waals surface area contributed by atoms with Crippen LogP contribution in [-0.4, -0.2) is 12.9 Å². The predicted octanol–water partition coefficient (Wildman–Crippen LogP) is 5.29. The van der Waals surface area contributed by atoms with E-state index in [9.17, 15) is 4.79 Å². The molecule has 4 rings (SSSR count). The van der Waals surface area contributed by atoms with Crippen LogP contribution in [0.2, 0.25) is 0 Å². The summed E-state index contributed by atoms with van der Waals surface area (Å²) in [5.41, 5.74) is 0.682. The second kappa shape index (κ2) is 5.52. The Morgan fingerprint density at radius 1 is 0.870 bits per heavy atom. The van der Waals surface area contributed by atoms with Gasteiger partial charge in [-0.25, -0.2) is 0 Å². The molecule has 0 amide bonds. The second-order valence-corrected chi connectivity index (χ2v) is 6.49. The van der Waals surface area contributed by atoms with E-state index in [1.165, 1.54) is 10.8 Å². The maximum Gasteiger partial charge on any atom is 0.202 e. The van der Waals surface area contributed by atoms with Crippen LogP contribution in [0, 0.1) is 0 Å². The lowest BCUT2D eigenvalue weighted by atomic mass is 10.1. The molecule has 0 aliphatic carbocycles. The number of methoxy groups -OCH3 is 1. The van der Waals surface area contributed by atoms with E-state index in [0.29, 0.717) is 5.56 Å². The van der Waals surface area contributed by atoms with Gasteiger partial charge in [-0.1, -0.05) is 24.3 Å². The number of rotatable bonds is 3. The number of hydrogen-bond donors (Lipinski definition) is 0. The lowest BCUT2D eigenvalue weighted by molar-refractivity contribution is 0.104. The van der Waals surface area contributed by atoms with Gasteiger partial charge in [0.1, 0.15) is 5.75 Å². The van der Waals surface area contributed by atoms with Gasteiger partial charge in [-0.3, -0.25) is 4.79 Å². The lowest BCUT2D eigenvalue weighted by Gasteiger charge is -2.01. The fourth-order valence-electron chi connectivity index (χ4n) is 2.72. The average Bonchev–Trinajstić information content (AvgIpc) is 3.02. The van der Waals surface area contributed by atoms with Crippen LogP contribution in [0.5, 0.6) is 5.75 Å². The molecule has 0 atom stereocenters. The Morgan fingerprint density at radius 2 is 1.57 bits per heavy atom. The summed E-state index contributed by atoms with van der Waals surface area (Å²) >= 11 is 1.54.